The predicted octanol–water partition coefficient (Wildman–Crippen LogP) is 2.95. The summed E-state index contributed by atoms with van der Waals surface area (Å²) in [5, 5.41) is 0. The van der Waals surface area contributed by atoms with E-state index in [1.165, 1.54) is 0 Å². The molecular formula is C14H22N2O2. The van der Waals surface area contributed by atoms with Crippen molar-refractivity contribution in [3.8, 4) is 0 Å². The molecule has 0 N–H and O–H groups in total. The first kappa shape index (κ1) is 14.5. The molecule has 18 heavy (non-hydrogen) atoms. The Morgan fingerprint density at radius 1 is 1.33 bits per heavy atom. The molecule has 0 radical (unpaired) electrons. The standard InChI is InChI=1S/C14H22N2O2/c1-3-13(2)14(17)18-11-7-5-4-6-9-16-10-8-15-12-16/h3,8,10,12H,4-7,9,11H2,1-2H3/b13-3+. The summed E-state index contributed by atoms with van der Waals surface area (Å²) in [6.07, 6.45) is 11.7. The third-order valence-electron chi connectivity index (χ3n) is 2.86. The third kappa shape index (κ3) is 5.66. The smallest absolute Gasteiger partial charge is 0.333 e. The Morgan fingerprint density at radius 2 is 2.11 bits per heavy atom. The molecule has 0 unspecified atom stereocenters. The summed E-state index contributed by atoms with van der Waals surface area (Å²) in [6.45, 7) is 5.15. The molecule has 0 bridgehead atoms. The molecule has 1 aromatic rings. The maximum absolute atomic E-state index is 11.3. The Morgan fingerprint density at radius 3 is 2.78 bits per heavy atom. The predicted molar refractivity (Wildman–Crippen MR) is 71.1 cm³/mol. The van der Waals surface area contributed by atoms with E-state index in [-0.39, 0.29) is 5.97 Å². The van der Waals surface area contributed by atoms with Gasteiger partial charge in [-0.05, 0) is 33.1 Å². The molecule has 4 nitrogen and oxygen atoms in total. The molecule has 0 saturated heterocycles. The second-order valence-corrected chi connectivity index (χ2v) is 4.32. The number of hydrogen-bond donors (Lipinski definition) is 0. The van der Waals surface area contributed by atoms with Crippen LogP contribution >= 0.6 is 0 Å². The first-order valence-corrected chi connectivity index (χ1v) is 6.50. The normalized spacial score (nSPS) is 11.6. The molecule has 1 heterocycles. The Kier molecular flexibility index (Phi) is 6.84. The van der Waals surface area contributed by atoms with Gasteiger partial charge in [0.1, 0.15) is 0 Å². The minimum Gasteiger partial charge on any atom is -0.462 e. The number of allylic oxidation sites excluding steroid dienone is 1. The number of ether oxygens (including phenoxy) is 1. The maximum atomic E-state index is 11.3. The lowest BCUT2D eigenvalue weighted by molar-refractivity contribution is -0.139. The number of esters is 1. The highest BCUT2D eigenvalue weighted by Crippen LogP contribution is 2.04. The van der Waals surface area contributed by atoms with Crippen molar-refractivity contribution in [2.45, 2.75) is 46.1 Å². The maximum Gasteiger partial charge on any atom is 0.333 e. The van der Waals surface area contributed by atoms with Gasteiger partial charge in [-0.1, -0.05) is 12.5 Å². The highest BCUT2D eigenvalue weighted by molar-refractivity contribution is 5.87. The van der Waals surface area contributed by atoms with Crippen LogP contribution in [0.15, 0.2) is 30.4 Å². The van der Waals surface area contributed by atoms with Gasteiger partial charge < -0.3 is 9.30 Å². The van der Waals surface area contributed by atoms with Crippen molar-refractivity contribution in [3.63, 3.8) is 0 Å². The van der Waals surface area contributed by atoms with E-state index in [1.54, 1.807) is 19.2 Å². The molecule has 0 atom stereocenters. The number of imidazole rings is 1. The van der Waals surface area contributed by atoms with Crippen LogP contribution in [0.25, 0.3) is 0 Å². The van der Waals surface area contributed by atoms with Crippen molar-refractivity contribution < 1.29 is 9.53 Å². The number of carbonyl (C=O) groups is 1. The van der Waals surface area contributed by atoms with E-state index >= 15 is 0 Å². The molecular weight excluding hydrogens is 228 g/mol. The van der Waals surface area contributed by atoms with Crippen molar-refractivity contribution in [2.75, 3.05) is 6.61 Å². The number of rotatable bonds is 8. The summed E-state index contributed by atoms with van der Waals surface area (Å²) in [4.78, 5) is 15.3. The van der Waals surface area contributed by atoms with Crippen LogP contribution in [0, 0.1) is 0 Å². The molecule has 0 aliphatic rings. The van der Waals surface area contributed by atoms with Crippen LogP contribution < -0.4 is 0 Å². The van der Waals surface area contributed by atoms with Crippen molar-refractivity contribution in [2.24, 2.45) is 0 Å². The second kappa shape index (κ2) is 8.50. The van der Waals surface area contributed by atoms with Gasteiger partial charge in [0.25, 0.3) is 0 Å². The van der Waals surface area contributed by atoms with Crippen LogP contribution in [0.1, 0.15) is 39.5 Å². The van der Waals surface area contributed by atoms with Gasteiger partial charge in [-0.3, -0.25) is 0 Å². The highest BCUT2D eigenvalue weighted by atomic mass is 16.5. The fourth-order valence-corrected chi connectivity index (χ4v) is 1.57. The van der Waals surface area contributed by atoms with Gasteiger partial charge in [0, 0.05) is 24.5 Å². The van der Waals surface area contributed by atoms with Crippen LogP contribution in [0.4, 0.5) is 0 Å². The summed E-state index contributed by atoms with van der Waals surface area (Å²) in [5.41, 5.74) is 0.676. The summed E-state index contributed by atoms with van der Waals surface area (Å²) in [7, 11) is 0. The molecule has 0 aromatic carbocycles. The Hall–Kier alpha value is -1.58. The summed E-state index contributed by atoms with van der Waals surface area (Å²) in [5.74, 6) is -0.198. The third-order valence-corrected chi connectivity index (χ3v) is 2.86. The number of unbranched alkanes of at least 4 members (excludes halogenated alkanes) is 3. The molecule has 0 saturated carbocycles. The monoisotopic (exact) mass is 250 g/mol. The van der Waals surface area contributed by atoms with E-state index < -0.39 is 0 Å². The largest absolute Gasteiger partial charge is 0.462 e. The van der Waals surface area contributed by atoms with Gasteiger partial charge in [0.05, 0.1) is 12.9 Å². The van der Waals surface area contributed by atoms with Gasteiger partial charge >= 0.3 is 5.97 Å². The SMILES string of the molecule is C/C=C(\C)C(=O)OCCCCCCn1ccnc1. The van der Waals surface area contributed by atoms with E-state index in [0.717, 1.165) is 32.2 Å². The molecule has 100 valence electrons. The van der Waals surface area contributed by atoms with Gasteiger partial charge in [0.2, 0.25) is 0 Å². The Labute approximate surface area is 109 Å². The minimum atomic E-state index is -0.198. The fraction of sp³-hybridized carbons (Fsp3) is 0.571. The van der Waals surface area contributed by atoms with E-state index in [2.05, 4.69) is 9.55 Å². The van der Waals surface area contributed by atoms with Gasteiger partial charge in [0.15, 0.2) is 0 Å². The van der Waals surface area contributed by atoms with Crippen LogP contribution in [0.2, 0.25) is 0 Å². The van der Waals surface area contributed by atoms with Crippen LogP contribution in [0.3, 0.4) is 0 Å². The average Bonchev–Trinajstić information content (AvgIpc) is 2.89. The van der Waals surface area contributed by atoms with Crippen molar-refractivity contribution >= 4 is 5.97 Å². The fourth-order valence-electron chi connectivity index (χ4n) is 1.57. The topological polar surface area (TPSA) is 44.1 Å². The van der Waals surface area contributed by atoms with Gasteiger partial charge in [-0.2, -0.15) is 0 Å². The summed E-state index contributed by atoms with van der Waals surface area (Å²) >= 11 is 0. The molecule has 0 amide bonds. The zero-order valence-electron chi connectivity index (χ0n) is 11.3. The molecule has 0 spiro atoms. The lowest BCUT2D eigenvalue weighted by Crippen LogP contribution is -2.06. The van der Waals surface area contributed by atoms with E-state index in [1.807, 2.05) is 19.4 Å². The van der Waals surface area contributed by atoms with Crippen molar-refractivity contribution in [1.82, 2.24) is 9.55 Å². The first-order valence-electron chi connectivity index (χ1n) is 6.50. The lowest BCUT2D eigenvalue weighted by atomic mass is 10.2. The minimum absolute atomic E-state index is 0.198. The Balaban J connectivity index is 1.94. The number of aromatic nitrogens is 2. The zero-order valence-corrected chi connectivity index (χ0v) is 11.3. The Bertz CT molecular complexity index is 369. The molecule has 1 rings (SSSR count). The van der Waals surface area contributed by atoms with Crippen LogP contribution in [0.5, 0.6) is 0 Å². The van der Waals surface area contributed by atoms with E-state index in [9.17, 15) is 4.79 Å². The lowest BCUT2D eigenvalue weighted by Gasteiger charge is -2.05. The second-order valence-electron chi connectivity index (χ2n) is 4.32. The average molecular weight is 250 g/mol. The summed E-state index contributed by atoms with van der Waals surface area (Å²) in [6, 6.07) is 0. The van der Waals surface area contributed by atoms with E-state index in [4.69, 9.17) is 4.74 Å². The molecule has 0 aliphatic carbocycles. The molecule has 4 heteroatoms. The molecule has 0 aliphatic heterocycles. The van der Waals surface area contributed by atoms with Crippen molar-refractivity contribution in [1.29, 1.82) is 0 Å². The highest BCUT2D eigenvalue weighted by Gasteiger charge is 2.03. The van der Waals surface area contributed by atoms with Gasteiger partial charge in [-0.15, -0.1) is 0 Å². The van der Waals surface area contributed by atoms with Crippen molar-refractivity contribution in [3.05, 3.63) is 30.4 Å². The van der Waals surface area contributed by atoms with E-state index in [0.29, 0.717) is 12.2 Å². The molecule has 0 fully saturated rings. The number of carbonyl (C=O) groups excluding carboxylic acids is 1. The first-order chi connectivity index (χ1) is 8.74. The summed E-state index contributed by atoms with van der Waals surface area (Å²) < 4.78 is 7.20. The molecule has 1 aromatic heterocycles. The number of nitrogens with zero attached hydrogens (tertiary/aromatic N) is 2. The van der Waals surface area contributed by atoms with Gasteiger partial charge in [-0.25, -0.2) is 9.78 Å². The zero-order chi connectivity index (χ0) is 13.2. The number of aryl methyl sites for hydroxylation is 1. The quantitative estimate of drug-likeness (QED) is 0.405. The number of hydrogen-bond acceptors (Lipinski definition) is 3. The van der Waals surface area contributed by atoms with Crippen LogP contribution in [-0.4, -0.2) is 22.1 Å². The van der Waals surface area contributed by atoms with Crippen LogP contribution in [-0.2, 0) is 16.1 Å².